The molecule has 0 N–H and O–H groups in total. The van der Waals surface area contributed by atoms with Gasteiger partial charge in [0.2, 0.25) is 0 Å². The number of carbonyl (C=O) groups excluding carboxylic acids is 1. The van der Waals surface area contributed by atoms with E-state index in [1.54, 1.807) is 16.8 Å². The van der Waals surface area contributed by atoms with E-state index in [0.29, 0.717) is 17.9 Å². The molecule has 0 radical (unpaired) electrons. The van der Waals surface area contributed by atoms with Gasteiger partial charge in [0.05, 0.1) is 11.2 Å². The second kappa shape index (κ2) is 8.54. The molecule has 5 heteroatoms. The third-order valence-electron chi connectivity index (χ3n) is 3.40. The van der Waals surface area contributed by atoms with Crippen molar-refractivity contribution in [2.45, 2.75) is 33.3 Å². The number of carbonyl (C=O) groups is 1. The minimum absolute atomic E-state index is 0.0649. The lowest BCUT2D eigenvalue weighted by atomic mass is 10.1. The molecule has 0 atom stereocenters. The van der Waals surface area contributed by atoms with Gasteiger partial charge in [-0.05, 0) is 31.5 Å². The summed E-state index contributed by atoms with van der Waals surface area (Å²) in [4.78, 5) is 18.6. The van der Waals surface area contributed by atoms with Crippen molar-refractivity contribution in [1.82, 2.24) is 9.88 Å². The lowest BCUT2D eigenvalue weighted by Gasteiger charge is -2.21. The van der Waals surface area contributed by atoms with Gasteiger partial charge in [-0.25, -0.2) is 4.98 Å². The van der Waals surface area contributed by atoms with Crippen LogP contribution in [0.25, 0.3) is 0 Å². The molecule has 1 heterocycles. The molecule has 0 aliphatic rings. The minimum atomic E-state index is 0.0649. The molecule has 0 aliphatic heterocycles. The van der Waals surface area contributed by atoms with Crippen molar-refractivity contribution < 1.29 is 9.53 Å². The van der Waals surface area contributed by atoms with Crippen LogP contribution in [0, 0.1) is 0 Å². The lowest BCUT2D eigenvalue weighted by molar-refractivity contribution is 0.0762. The summed E-state index contributed by atoms with van der Waals surface area (Å²) in [6, 6.07) is 7.37. The SMILES string of the molecule is CCCCN(CC)C(=O)c1cccc(OCc2cscn2)c1. The van der Waals surface area contributed by atoms with Gasteiger partial charge >= 0.3 is 0 Å². The minimum Gasteiger partial charge on any atom is -0.487 e. The van der Waals surface area contributed by atoms with E-state index in [-0.39, 0.29) is 5.91 Å². The van der Waals surface area contributed by atoms with Gasteiger partial charge in [-0.1, -0.05) is 19.4 Å². The van der Waals surface area contributed by atoms with Crippen molar-refractivity contribution >= 4 is 17.2 Å². The van der Waals surface area contributed by atoms with E-state index in [0.717, 1.165) is 31.6 Å². The first kappa shape index (κ1) is 16.5. The summed E-state index contributed by atoms with van der Waals surface area (Å²) in [5.74, 6) is 0.764. The topological polar surface area (TPSA) is 42.4 Å². The maximum absolute atomic E-state index is 12.5. The first-order valence-electron chi connectivity index (χ1n) is 7.63. The number of hydrogen-bond acceptors (Lipinski definition) is 4. The molecular weight excluding hydrogens is 296 g/mol. The Hall–Kier alpha value is -1.88. The van der Waals surface area contributed by atoms with Crippen LogP contribution in [0.2, 0.25) is 0 Å². The number of hydrogen-bond donors (Lipinski definition) is 0. The van der Waals surface area contributed by atoms with E-state index >= 15 is 0 Å². The van der Waals surface area contributed by atoms with E-state index in [9.17, 15) is 4.79 Å². The van der Waals surface area contributed by atoms with Crippen molar-refractivity contribution in [2.75, 3.05) is 13.1 Å². The molecule has 1 amide bonds. The maximum atomic E-state index is 12.5. The molecule has 4 nitrogen and oxygen atoms in total. The van der Waals surface area contributed by atoms with Gasteiger partial charge in [-0.2, -0.15) is 0 Å². The normalized spacial score (nSPS) is 10.5. The smallest absolute Gasteiger partial charge is 0.253 e. The Morgan fingerprint density at radius 1 is 1.36 bits per heavy atom. The van der Waals surface area contributed by atoms with Gasteiger partial charge in [0, 0.05) is 24.0 Å². The summed E-state index contributed by atoms with van der Waals surface area (Å²) in [6.45, 7) is 6.09. The fourth-order valence-corrected chi connectivity index (χ4v) is 2.66. The van der Waals surface area contributed by atoms with E-state index < -0.39 is 0 Å². The highest BCUT2D eigenvalue weighted by molar-refractivity contribution is 7.07. The standard InChI is InChI=1S/C17H22N2O2S/c1-3-5-9-19(4-2)17(20)14-7-6-8-16(10-14)21-11-15-12-22-13-18-15/h6-8,10,12-13H,3-5,9,11H2,1-2H3. The van der Waals surface area contributed by atoms with Crippen LogP contribution in [0.5, 0.6) is 5.75 Å². The summed E-state index contributed by atoms with van der Waals surface area (Å²) in [5, 5.41) is 1.96. The van der Waals surface area contributed by atoms with Crippen LogP contribution in [-0.4, -0.2) is 28.9 Å². The Labute approximate surface area is 135 Å². The molecule has 0 saturated heterocycles. The Balaban J connectivity index is 2.01. The Bertz CT molecular complexity index is 584. The number of benzene rings is 1. The third-order valence-corrected chi connectivity index (χ3v) is 4.04. The van der Waals surface area contributed by atoms with E-state index in [1.807, 2.05) is 41.5 Å². The van der Waals surface area contributed by atoms with Gasteiger partial charge in [0.25, 0.3) is 5.91 Å². The molecule has 1 aromatic carbocycles. The van der Waals surface area contributed by atoms with Gasteiger partial charge in [0.15, 0.2) is 0 Å². The van der Waals surface area contributed by atoms with E-state index in [4.69, 9.17) is 4.74 Å². The second-order valence-corrected chi connectivity index (χ2v) is 5.75. The van der Waals surface area contributed by atoms with E-state index in [2.05, 4.69) is 11.9 Å². The first-order valence-corrected chi connectivity index (χ1v) is 8.58. The predicted octanol–water partition coefficient (Wildman–Crippen LogP) is 3.98. The number of thiazole rings is 1. The molecule has 1 aromatic heterocycles. The highest BCUT2D eigenvalue weighted by Crippen LogP contribution is 2.17. The van der Waals surface area contributed by atoms with Crippen LogP contribution in [0.4, 0.5) is 0 Å². The van der Waals surface area contributed by atoms with Crippen LogP contribution in [0.3, 0.4) is 0 Å². The van der Waals surface area contributed by atoms with Crippen LogP contribution in [0.15, 0.2) is 35.2 Å². The molecule has 118 valence electrons. The van der Waals surface area contributed by atoms with Crippen molar-refractivity contribution in [3.8, 4) is 5.75 Å². The Kier molecular flexibility index (Phi) is 6.40. The summed E-state index contributed by atoms with van der Waals surface area (Å²) in [7, 11) is 0. The second-order valence-electron chi connectivity index (χ2n) is 5.03. The average Bonchev–Trinajstić information content (AvgIpc) is 3.07. The molecule has 0 spiro atoms. The lowest BCUT2D eigenvalue weighted by Crippen LogP contribution is -2.31. The number of rotatable bonds is 8. The van der Waals surface area contributed by atoms with Crippen molar-refractivity contribution in [1.29, 1.82) is 0 Å². The van der Waals surface area contributed by atoms with Crippen LogP contribution in [-0.2, 0) is 6.61 Å². The zero-order valence-corrected chi connectivity index (χ0v) is 13.9. The highest BCUT2D eigenvalue weighted by Gasteiger charge is 2.14. The molecule has 0 unspecified atom stereocenters. The Morgan fingerprint density at radius 3 is 2.91 bits per heavy atom. The monoisotopic (exact) mass is 318 g/mol. The largest absolute Gasteiger partial charge is 0.487 e. The molecule has 22 heavy (non-hydrogen) atoms. The average molecular weight is 318 g/mol. The van der Waals surface area contributed by atoms with Crippen molar-refractivity contribution in [3.63, 3.8) is 0 Å². The molecule has 0 aliphatic carbocycles. The van der Waals surface area contributed by atoms with Crippen LogP contribution >= 0.6 is 11.3 Å². The maximum Gasteiger partial charge on any atom is 0.253 e. The number of aromatic nitrogens is 1. The molecule has 2 rings (SSSR count). The fourth-order valence-electron chi connectivity index (χ4n) is 2.12. The van der Waals surface area contributed by atoms with Crippen molar-refractivity contribution in [3.05, 3.63) is 46.4 Å². The van der Waals surface area contributed by atoms with Crippen molar-refractivity contribution in [2.24, 2.45) is 0 Å². The first-order chi connectivity index (χ1) is 10.7. The van der Waals surface area contributed by atoms with Gasteiger partial charge < -0.3 is 9.64 Å². The third kappa shape index (κ3) is 4.56. The van der Waals surface area contributed by atoms with Gasteiger partial charge in [-0.15, -0.1) is 11.3 Å². The predicted molar refractivity (Wildman–Crippen MR) is 89.4 cm³/mol. The quantitative estimate of drug-likeness (QED) is 0.739. The van der Waals surface area contributed by atoms with Crippen LogP contribution in [0.1, 0.15) is 42.7 Å². The zero-order valence-electron chi connectivity index (χ0n) is 13.1. The molecule has 2 aromatic rings. The van der Waals surface area contributed by atoms with Gasteiger partial charge in [0.1, 0.15) is 12.4 Å². The fraction of sp³-hybridized carbons (Fsp3) is 0.412. The molecule has 0 saturated carbocycles. The summed E-state index contributed by atoms with van der Waals surface area (Å²) in [5.41, 5.74) is 3.36. The highest BCUT2D eigenvalue weighted by atomic mass is 32.1. The van der Waals surface area contributed by atoms with E-state index in [1.165, 1.54) is 0 Å². The molecule has 0 fully saturated rings. The number of nitrogens with zero attached hydrogens (tertiary/aromatic N) is 2. The number of amides is 1. The summed E-state index contributed by atoms with van der Waals surface area (Å²) >= 11 is 1.55. The summed E-state index contributed by atoms with van der Waals surface area (Å²) < 4.78 is 5.71. The number of unbranched alkanes of at least 4 members (excludes halogenated alkanes) is 1. The molecular formula is C17H22N2O2S. The Morgan fingerprint density at radius 2 is 2.23 bits per heavy atom. The van der Waals surface area contributed by atoms with Crippen LogP contribution < -0.4 is 4.74 Å². The zero-order chi connectivity index (χ0) is 15.8. The molecule has 0 bridgehead atoms. The summed E-state index contributed by atoms with van der Waals surface area (Å²) in [6.07, 6.45) is 2.11. The van der Waals surface area contributed by atoms with Gasteiger partial charge in [-0.3, -0.25) is 4.79 Å². The number of ether oxygens (including phenoxy) is 1.